The lowest BCUT2D eigenvalue weighted by Gasteiger charge is -2.39. The third-order valence-corrected chi connectivity index (χ3v) is 4.54. The smallest absolute Gasteiger partial charge is 0.255 e. The third kappa shape index (κ3) is 2.52. The summed E-state index contributed by atoms with van der Waals surface area (Å²) in [6.45, 7) is 2.62. The molecular weight excluding hydrogens is 280 g/mol. The van der Waals surface area contributed by atoms with E-state index in [0.29, 0.717) is 17.6 Å². The number of aromatic amines is 1. The van der Waals surface area contributed by atoms with Crippen LogP contribution in [0.4, 0.5) is 0 Å². The average molecular weight is 300 g/mol. The molecular formula is C17H20N2O3. The number of rotatable bonds is 2. The molecule has 1 aromatic heterocycles. The number of para-hydroxylation sites is 1. The highest BCUT2D eigenvalue weighted by atomic mass is 16.3. The van der Waals surface area contributed by atoms with Crippen LogP contribution in [-0.4, -0.2) is 40.1 Å². The van der Waals surface area contributed by atoms with E-state index < -0.39 is 0 Å². The normalized spacial score (nSPS) is 22.0. The van der Waals surface area contributed by atoms with Crippen LogP contribution in [0, 0.1) is 5.92 Å². The molecule has 2 unspecified atom stereocenters. The number of piperidine rings is 1. The molecule has 0 radical (unpaired) electrons. The first kappa shape index (κ1) is 14.8. The molecule has 1 aliphatic heterocycles. The van der Waals surface area contributed by atoms with Crippen molar-refractivity contribution in [3.63, 3.8) is 0 Å². The van der Waals surface area contributed by atoms with Crippen molar-refractivity contribution in [1.29, 1.82) is 0 Å². The minimum Gasteiger partial charge on any atom is -0.394 e. The number of carbonyl (C=O) groups excluding carboxylic acids is 1. The fourth-order valence-electron chi connectivity index (χ4n) is 3.32. The Morgan fingerprint density at radius 3 is 2.95 bits per heavy atom. The molecule has 0 bridgehead atoms. The van der Waals surface area contributed by atoms with Crippen LogP contribution in [-0.2, 0) is 0 Å². The second kappa shape index (κ2) is 5.93. The lowest BCUT2D eigenvalue weighted by Crippen LogP contribution is -2.49. The summed E-state index contributed by atoms with van der Waals surface area (Å²) >= 11 is 0. The van der Waals surface area contributed by atoms with Gasteiger partial charge in [0.05, 0.1) is 18.2 Å². The van der Waals surface area contributed by atoms with Gasteiger partial charge in [-0.1, -0.05) is 25.1 Å². The molecule has 1 aliphatic rings. The number of fused-ring (bicyclic) bond motifs is 1. The maximum absolute atomic E-state index is 12.9. The van der Waals surface area contributed by atoms with E-state index in [1.165, 1.54) is 6.07 Å². The van der Waals surface area contributed by atoms with Crippen molar-refractivity contribution in [2.45, 2.75) is 25.8 Å². The number of amides is 1. The molecule has 1 fully saturated rings. The zero-order valence-electron chi connectivity index (χ0n) is 12.6. The van der Waals surface area contributed by atoms with E-state index in [2.05, 4.69) is 11.9 Å². The Morgan fingerprint density at radius 2 is 2.18 bits per heavy atom. The van der Waals surface area contributed by atoms with E-state index >= 15 is 0 Å². The Labute approximate surface area is 128 Å². The first-order valence-electron chi connectivity index (χ1n) is 7.65. The van der Waals surface area contributed by atoms with Crippen LogP contribution in [0.2, 0.25) is 0 Å². The van der Waals surface area contributed by atoms with Crippen LogP contribution in [0.3, 0.4) is 0 Å². The summed E-state index contributed by atoms with van der Waals surface area (Å²) in [7, 11) is 0. The lowest BCUT2D eigenvalue weighted by molar-refractivity contribution is 0.0360. The van der Waals surface area contributed by atoms with E-state index in [1.807, 2.05) is 18.2 Å². The van der Waals surface area contributed by atoms with Gasteiger partial charge in [0.2, 0.25) is 5.56 Å². The van der Waals surface area contributed by atoms with Gasteiger partial charge in [-0.3, -0.25) is 9.59 Å². The molecule has 0 spiro atoms. The van der Waals surface area contributed by atoms with Crippen molar-refractivity contribution in [3.05, 3.63) is 46.2 Å². The Balaban J connectivity index is 2.07. The lowest BCUT2D eigenvalue weighted by atomic mass is 9.90. The number of aliphatic hydroxyl groups excluding tert-OH is 1. The number of carbonyl (C=O) groups is 1. The molecule has 5 nitrogen and oxygen atoms in total. The molecule has 0 aliphatic carbocycles. The summed E-state index contributed by atoms with van der Waals surface area (Å²) in [6, 6.07) is 8.47. The molecule has 1 amide bonds. The minimum absolute atomic E-state index is 0.0476. The minimum atomic E-state index is -0.285. The highest BCUT2D eigenvalue weighted by Crippen LogP contribution is 2.26. The SMILES string of the molecule is CC1CCCN(C(=O)c2cc(=O)[nH]c3ccccc23)C1CO. The Hall–Kier alpha value is -2.14. The van der Waals surface area contributed by atoms with Gasteiger partial charge in [-0.2, -0.15) is 0 Å². The number of aromatic nitrogens is 1. The number of pyridine rings is 1. The summed E-state index contributed by atoms with van der Waals surface area (Å²) < 4.78 is 0. The molecule has 5 heteroatoms. The van der Waals surface area contributed by atoms with Crippen LogP contribution < -0.4 is 5.56 Å². The number of hydrogen-bond donors (Lipinski definition) is 2. The second-order valence-corrected chi connectivity index (χ2v) is 5.96. The molecule has 3 rings (SSSR count). The van der Waals surface area contributed by atoms with Crippen LogP contribution in [0.25, 0.3) is 10.9 Å². The van der Waals surface area contributed by atoms with Crippen molar-refractivity contribution in [2.24, 2.45) is 5.92 Å². The average Bonchev–Trinajstić information content (AvgIpc) is 2.53. The van der Waals surface area contributed by atoms with E-state index in [4.69, 9.17) is 0 Å². The van der Waals surface area contributed by atoms with Gasteiger partial charge >= 0.3 is 0 Å². The van der Waals surface area contributed by atoms with Crippen molar-refractivity contribution in [2.75, 3.05) is 13.2 Å². The van der Waals surface area contributed by atoms with Gasteiger partial charge in [-0.25, -0.2) is 0 Å². The van der Waals surface area contributed by atoms with Gasteiger partial charge in [0.25, 0.3) is 5.91 Å². The molecule has 22 heavy (non-hydrogen) atoms. The molecule has 2 atom stereocenters. The first-order chi connectivity index (χ1) is 10.6. The van der Waals surface area contributed by atoms with Crippen molar-refractivity contribution >= 4 is 16.8 Å². The number of benzene rings is 1. The van der Waals surface area contributed by atoms with Crippen LogP contribution >= 0.6 is 0 Å². The van der Waals surface area contributed by atoms with E-state index in [9.17, 15) is 14.7 Å². The molecule has 2 aromatic rings. The van der Waals surface area contributed by atoms with E-state index in [0.717, 1.165) is 18.2 Å². The summed E-state index contributed by atoms with van der Waals surface area (Å²) in [6.07, 6.45) is 1.93. The van der Waals surface area contributed by atoms with Crippen molar-refractivity contribution in [3.8, 4) is 0 Å². The van der Waals surface area contributed by atoms with Gasteiger partial charge in [0.1, 0.15) is 0 Å². The number of nitrogens with one attached hydrogen (secondary N) is 1. The van der Waals surface area contributed by atoms with Crippen molar-refractivity contribution < 1.29 is 9.90 Å². The number of likely N-dealkylation sites (tertiary alicyclic amines) is 1. The summed E-state index contributed by atoms with van der Waals surface area (Å²) in [5, 5.41) is 10.4. The Kier molecular flexibility index (Phi) is 3.98. The Morgan fingerprint density at radius 1 is 1.41 bits per heavy atom. The van der Waals surface area contributed by atoms with E-state index in [1.54, 1.807) is 11.0 Å². The van der Waals surface area contributed by atoms with E-state index in [-0.39, 0.29) is 30.0 Å². The largest absolute Gasteiger partial charge is 0.394 e. The number of nitrogens with zero attached hydrogens (tertiary/aromatic N) is 1. The zero-order chi connectivity index (χ0) is 15.7. The predicted molar refractivity (Wildman–Crippen MR) is 84.9 cm³/mol. The van der Waals surface area contributed by atoms with Gasteiger partial charge < -0.3 is 15.0 Å². The standard InChI is InChI=1S/C17H20N2O3/c1-11-5-4-8-19(15(11)10-20)17(22)13-9-16(21)18-14-7-3-2-6-12(13)14/h2-3,6-7,9,11,15,20H,4-5,8,10H2,1H3,(H,18,21). The fourth-order valence-corrected chi connectivity index (χ4v) is 3.32. The summed E-state index contributed by atoms with van der Waals surface area (Å²) in [5.41, 5.74) is 0.781. The fraction of sp³-hybridized carbons (Fsp3) is 0.412. The number of H-pyrrole nitrogens is 1. The molecule has 116 valence electrons. The number of aliphatic hydroxyl groups is 1. The maximum Gasteiger partial charge on any atom is 0.255 e. The second-order valence-electron chi connectivity index (χ2n) is 5.96. The highest BCUT2D eigenvalue weighted by Gasteiger charge is 2.32. The summed E-state index contributed by atoms with van der Waals surface area (Å²) in [5.74, 6) is 0.0869. The van der Waals surface area contributed by atoms with Crippen LogP contribution in [0.15, 0.2) is 35.1 Å². The van der Waals surface area contributed by atoms with Crippen LogP contribution in [0.5, 0.6) is 0 Å². The quantitative estimate of drug-likeness (QED) is 0.887. The monoisotopic (exact) mass is 300 g/mol. The molecule has 1 aromatic carbocycles. The molecule has 0 saturated carbocycles. The van der Waals surface area contributed by atoms with Gasteiger partial charge in [0.15, 0.2) is 0 Å². The van der Waals surface area contributed by atoms with Gasteiger partial charge in [-0.15, -0.1) is 0 Å². The Bertz CT molecular complexity index is 753. The molecule has 2 heterocycles. The molecule has 2 N–H and O–H groups in total. The van der Waals surface area contributed by atoms with Crippen LogP contribution in [0.1, 0.15) is 30.1 Å². The highest BCUT2D eigenvalue weighted by molar-refractivity contribution is 6.06. The van der Waals surface area contributed by atoms with Gasteiger partial charge in [-0.05, 0) is 24.8 Å². The van der Waals surface area contributed by atoms with Crippen molar-refractivity contribution in [1.82, 2.24) is 9.88 Å². The topological polar surface area (TPSA) is 73.4 Å². The van der Waals surface area contributed by atoms with Gasteiger partial charge in [0, 0.05) is 23.5 Å². The molecule has 1 saturated heterocycles. The third-order valence-electron chi connectivity index (χ3n) is 4.54. The predicted octanol–water partition coefficient (Wildman–Crippen LogP) is 1.76. The zero-order valence-corrected chi connectivity index (χ0v) is 12.6. The maximum atomic E-state index is 12.9. The summed E-state index contributed by atoms with van der Waals surface area (Å²) in [4.78, 5) is 29.2. The number of hydrogen-bond acceptors (Lipinski definition) is 3. The first-order valence-corrected chi connectivity index (χ1v) is 7.65.